The number of nitrogens with one attached hydrogen (secondary N) is 2. The summed E-state index contributed by atoms with van der Waals surface area (Å²) in [6, 6.07) is 9.50. The Morgan fingerprint density at radius 1 is 1.26 bits per heavy atom. The molecule has 4 aromatic rings. The molecule has 178 valence electrons. The third-order valence-corrected chi connectivity index (χ3v) is 5.87. The predicted octanol–water partition coefficient (Wildman–Crippen LogP) is 2.73. The molecule has 0 radical (unpaired) electrons. The number of aromatic nitrogens is 4. The smallest absolute Gasteiger partial charge is 0.414 e. The van der Waals surface area contributed by atoms with Gasteiger partial charge in [0.15, 0.2) is 0 Å². The summed E-state index contributed by atoms with van der Waals surface area (Å²) in [6.45, 7) is 1.71. The highest BCUT2D eigenvalue weighted by atomic mass is 32.1. The van der Waals surface area contributed by atoms with Crippen LogP contribution in [0.5, 0.6) is 0 Å². The Morgan fingerprint density at radius 2 is 2.11 bits per heavy atom. The highest BCUT2D eigenvalue weighted by Crippen LogP contribution is 2.26. The van der Waals surface area contributed by atoms with Crippen molar-refractivity contribution in [2.24, 2.45) is 0 Å². The number of carbonyl (C=O) groups is 3. The number of hydrogen-bond donors (Lipinski definition) is 2. The van der Waals surface area contributed by atoms with Crippen LogP contribution >= 0.6 is 11.7 Å². The zero-order chi connectivity index (χ0) is 24.5. The van der Waals surface area contributed by atoms with Crippen molar-refractivity contribution in [3.05, 3.63) is 60.4 Å². The van der Waals surface area contributed by atoms with Crippen LogP contribution in [0.3, 0.4) is 0 Å². The summed E-state index contributed by atoms with van der Waals surface area (Å²) in [7, 11) is 0. The molecular weight excluding hydrogens is 477 g/mol. The van der Waals surface area contributed by atoms with Crippen molar-refractivity contribution in [2.45, 2.75) is 13.0 Å². The first-order valence-electron chi connectivity index (χ1n) is 10.5. The van der Waals surface area contributed by atoms with Gasteiger partial charge in [0.05, 0.1) is 41.9 Å². The highest BCUT2D eigenvalue weighted by Gasteiger charge is 2.32. The largest absolute Gasteiger partial charge is 0.442 e. The molecule has 1 fully saturated rings. The van der Waals surface area contributed by atoms with Crippen LogP contribution in [0.2, 0.25) is 0 Å². The molecule has 3 amide bonds. The number of cyclic esters (lactones) is 1. The summed E-state index contributed by atoms with van der Waals surface area (Å²) in [5, 5.41) is 5.34. The minimum atomic E-state index is -0.626. The molecule has 0 aliphatic carbocycles. The Kier molecular flexibility index (Phi) is 5.82. The second kappa shape index (κ2) is 9.10. The maximum Gasteiger partial charge on any atom is 0.414 e. The van der Waals surface area contributed by atoms with Crippen molar-refractivity contribution in [1.82, 2.24) is 23.6 Å². The van der Waals surface area contributed by atoms with Gasteiger partial charge in [0, 0.05) is 13.1 Å². The maximum absolute atomic E-state index is 15.0. The molecule has 35 heavy (non-hydrogen) atoms. The van der Waals surface area contributed by atoms with Gasteiger partial charge in [-0.1, -0.05) is 6.07 Å². The van der Waals surface area contributed by atoms with Gasteiger partial charge in [-0.2, -0.15) is 8.75 Å². The average Bonchev–Trinajstić information content (AvgIpc) is 3.57. The number of anilines is 2. The second-order valence-corrected chi connectivity index (χ2v) is 8.28. The van der Waals surface area contributed by atoms with E-state index in [-0.39, 0.29) is 30.4 Å². The number of halogens is 1. The van der Waals surface area contributed by atoms with E-state index in [1.54, 1.807) is 24.3 Å². The minimum absolute atomic E-state index is 0.0811. The third kappa shape index (κ3) is 4.53. The van der Waals surface area contributed by atoms with Gasteiger partial charge in [0.2, 0.25) is 5.91 Å². The van der Waals surface area contributed by atoms with Crippen molar-refractivity contribution >= 4 is 52.0 Å². The first-order chi connectivity index (χ1) is 16.9. The van der Waals surface area contributed by atoms with Gasteiger partial charge in [0.1, 0.15) is 35.0 Å². The van der Waals surface area contributed by atoms with E-state index in [4.69, 9.17) is 4.74 Å². The topological polar surface area (TPSA) is 131 Å². The number of nitrogens with zero attached hydrogens (tertiary/aromatic N) is 5. The van der Waals surface area contributed by atoms with E-state index >= 15 is 0 Å². The number of carbonyl (C=O) groups excluding carboxylic acids is 3. The molecule has 0 spiro atoms. The number of imidazole rings is 1. The summed E-state index contributed by atoms with van der Waals surface area (Å²) in [5.74, 6) is -1.34. The molecule has 5 rings (SSSR count). The first-order valence-corrected chi connectivity index (χ1v) is 11.2. The lowest BCUT2D eigenvalue weighted by Crippen LogP contribution is -2.33. The Bertz CT molecular complexity index is 1450. The van der Waals surface area contributed by atoms with E-state index in [2.05, 4.69) is 24.4 Å². The van der Waals surface area contributed by atoms with Crippen molar-refractivity contribution in [2.75, 3.05) is 23.3 Å². The van der Waals surface area contributed by atoms with Gasteiger partial charge < -0.3 is 19.9 Å². The molecule has 1 atom stereocenters. The quantitative estimate of drug-likeness (QED) is 0.420. The third-order valence-electron chi connectivity index (χ3n) is 5.32. The summed E-state index contributed by atoms with van der Waals surface area (Å²) >= 11 is 1.05. The Morgan fingerprint density at radius 3 is 2.91 bits per heavy atom. The van der Waals surface area contributed by atoms with Crippen molar-refractivity contribution < 1.29 is 23.5 Å². The molecule has 13 heteroatoms. The number of ether oxygens (including phenoxy) is 1. The van der Waals surface area contributed by atoms with E-state index in [0.717, 1.165) is 11.7 Å². The average molecular weight is 495 g/mol. The summed E-state index contributed by atoms with van der Waals surface area (Å²) in [6.07, 6.45) is 1.57. The zero-order valence-corrected chi connectivity index (χ0v) is 19.1. The fraction of sp³-hybridized carbons (Fsp3) is 0.182. The molecule has 11 nitrogen and oxygen atoms in total. The van der Waals surface area contributed by atoms with Gasteiger partial charge in [0.25, 0.3) is 5.91 Å². The van der Waals surface area contributed by atoms with Crippen LogP contribution in [0, 0.1) is 5.82 Å². The molecular formula is C22H18FN7O4S. The van der Waals surface area contributed by atoms with Crippen LogP contribution < -0.4 is 15.5 Å². The molecule has 3 heterocycles. The Balaban J connectivity index is 1.30. The fourth-order valence-corrected chi connectivity index (χ4v) is 4.18. The lowest BCUT2D eigenvalue weighted by Gasteiger charge is -2.14. The van der Waals surface area contributed by atoms with Gasteiger partial charge in [-0.25, -0.2) is 14.2 Å². The highest BCUT2D eigenvalue weighted by molar-refractivity contribution is 7.00. The van der Waals surface area contributed by atoms with Crippen LogP contribution in [0.1, 0.15) is 17.4 Å². The molecule has 0 bridgehead atoms. The Labute approximate surface area is 201 Å². The van der Waals surface area contributed by atoms with Crippen molar-refractivity contribution in [3.63, 3.8) is 0 Å². The van der Waals surface area contributed by atoms with Crippen molar-refractivity contribution in [3.8, 4) is 5.69 Å². The van der Waals surface area contributed by atoms with Gasteiger partial charge in [-0.3, -0.25) is 14.5 Å². The van der Waals surface area contributed by atoms with Gasteiger partial charge in [-0.05, 0) is 30.3 Å². The number of fused-ring (bicyclic) bond motifs is 1. The SMILES string of the molecule is CC(=O)NC[C@H]1CN(c2ccc(-n3cnc(C(=O)Nc4cccc5nsnc45)c3)c(F)c2)C(=O)O1. The normalized spacial score (nSPS) is 15.3. The van der Waals surface area contributed by atoms with E-state index in [0.29, 0.717) is 22.4 Å². The lowest BCUT2D eigenvalue weighted by molar-refractivity contribution is -0.119. The number of rotatable bonds is 6. The minimum Gasteiger partial charge on any atom is -0.442 e. The van der Waals surface area contributed by atoms with Crippen LogP contribution in [-0.2, 0) is 9.53 Å². The van der Waals surface area contributed by atoms with Gasteiger partial charge in [-0.15, -0.1) is 0 Å². The van der Waals surface area contributed by atoms with E-state index in [1.807, 2.05) is 0 Å². The molecule has 1 saturated heterocycles. The molecule has 1 aliphatic heterocycles. The van der Waals surface area contributed by atoms with Crippen LogP contribution in [0.15, 0.2) is 48.9 Å². The molecule has 1 aliphatic rings. The summed E-state index contributed by atoms with van der Waals surface area (Å²) in [5.41, 5.74) is 2.28. The monoisotopic (exact) mass is 495 g/mol. The van der Waals surface area contributed by atoms with Crippen LogP contribution in [0.4, 0.5) is 20.6 Å². The van der Waals surface area contributed by atoms with Gasteiger partial charge >= 0.3 is 6.09 Å². The summed E-state index contributed by atoms with van der Waals surface area (Å²) in [4.78, 5) is 41.3. The standard InChI is InChI=1S/C22H18FN7O4S/c1-12(31)24-8-14-9-30(22(33)34-14)13-5-6-19(15(23)7-13)29-10-18(25-11-29)21(32)26-16-3-2-4-17-20(16)28-35-27-17/h2-7,10-11,14H,8-9H2,1H3,(H,24,31)(H,26,32)/t14-/m0/s1. The van der Waals surface area contributed by atoms with E-state index in [9.17, 15) is 18.8 Å². The van der Waals surface area contributed by atoms with Crippen LogP contribution in [0.25, 0.3) is 16.7 Å². The fourth-order valence-electron chi connectivity index (χ4n) is 3.63. The maximum atomic E-state index is 15.0. The molecule has 2 N–H and O–H groups in total. The number of hydrogen-bond acceptors (Lipinski definition) is 8. The predicted molar refractivity (Wildman–Crippen MR) is 125 cm³/mol. The van der Waals surface area contributed by atoms with E-state index in [1.165, 1.54) is 41.0 Å². The number of benzene rings is 2. The summed E-state index contributed by atoms with van der Waals surface area (Å²) < 4.78 is 29.9. The first kappa shape index (κ1) is 22.4. The number of amides is 3. The molecule has 0 saturated carbocycles. The Hall–Kier alpha value is -4.39. The molecule has 2 aromatic heterocycles. The van der Waals surface area contributed by atoms with Crippen molar-refractivity contribution in [1.29, 1.82) is 0 Å². The second-order valence-electron chi connectivity index (χ2n) is 7.75. The van der Waals surface area contributed by atoms with E-state index < -0.39 is 23.9 Å². The lowest BCUT2D eigenvalue weighted by atomic mass is 10.2. The molecule has 0 unspecified atom stereocenters. The molecule has 2 aromatic carbocycles. The zero-order valence-electron chi connectivity index (χ0n) is 18.3. The van der Waals surface area contributed by atoms with Crippen LogP contribution in [-0.4, -0.2) is 55.4 Å².